The van der Waals surface area contributed by atoms with Gasteiger partial charge in [-0.15, -0.1) is 0 Å². The van der Waals surface area contributed by atoms with Crippen molar-refractivity contribution in [2.75, 3.05) is 11.9 Å². The van der Waals surface area contributed by atoms with Gasteiger partial charge in [-0.1, -0.05) is 59.6 Å². The van der Waals surface area contributed by atoms with Crippen molar-refractivity contribution in [2.24, 2.45) is 0 Å². The molecule has 0 fully saturated rings. The Balaban J connectivity index is 1.84. The van der Waals surface area contributed by atoms with E-state index in [4.69, 9.17) is 16.3 Å². The molecule has 1 N–H and O–H groups in total. The Morgan fingerprint density at radius 3 is 2.39 bits per heavy atom. The molecule has 4 heteroatoms. The van der Waals surface area contributed by atoms with Crippen LogP contribution in [0.25, 0.3) is 0 Å². The van der Waals surface area contributed by atoms with Crippen LogP contribution in [0.2, 0.25) is 5.02 Å². The van der Waals surface area contributed by atoms with E-state index in [9.17, 15) is 4.79 Å². The zero-order valence-electron chi connectivity index (χ0n) is 16.1. The molecular weight excluding hydrogens is 370 g/mol. The van der Waals surface area contributed by atoms with Crippen LogP contribution in [-0.2, 0) is 0 Å². The Morgan fingerprint density at radius 1 is 1.04 bits per heavy atom. The summed E-state index contributed by atoms with van der Waals surface area (Å²) in [5.41, 5.74) is 3.75. The van der Waals surface area contributed by atoms with Crippen LogP contribution in [0.5, 0.6) is 5.75 Å². The van der Waals surface area contributed by atoms with Gasteiger partial charge in [-0.2, -0.15) is 0 Å². The van der Waals surface area contributed by atoms with E-state index in [-0.39, 0.29) is 11.8 Å². The van der Waals surface area contributed by atoms with E-state index in [1.807, 2.05) is 86.6 Å². The summed E-state index contributed by atoms with van der Waals surface area (Å²) >= 11 is 6.12. The van der Waals surface area contributed by atoms with Crippen molar-refractivity contribution < 1.29 is 9.53 Å². The number of nitrogens with one attached hydrogen (secondary N) is 1. The summed E-state index contributed by atoms with van der Waals surface area (Å²) < 4.78 is 5.53. The topological polar surface area (TPSA) is 38.3 Å². The number of rotatable bonds is 8. The SMILES string of the molecule is CCOc1ccc([C@@H](CC(=O)c2ccc(C)cc2)Nc2cccc(Cl)c2)cc1. The third-order valence-corrected chi connectivity index (χ3v) is 4.76. The van der Waals surface area contributed by atoms with Gasteiger partial charge < -0.3 is 10.1 Å². The summed E-state index contributed by atoms with van der Waals surface area (Å²) in [6, 6.07) is 22.9. The molecule has 3 aromatic rings. The van der Waals surface area contributed by atoms with Crippen LogP contribution in [0.3, 0.4) is 0 Å². The monoisotopic (exact) mass is 393 g/mol. The van der Waals surface area contributed by atoms with Crippen LogP contribution < -0.4 is 10.1 Å². The number of hydrogen-bond donors (Lipinski definition) is 1. The molecule has 0 spiro atoms. The quantitative estimate of drug-likeness (QED) is 0.445. The molecule has 0 bridgehead atoms. The lowest BCUT2D eigenvalue weighted by Gasteiger charge is -2.21. The summed E-state index contributed by atoms with van der Waals surface area (Å²) in [6.07, 6.45) is 0.337. The Hall–Kier alpha value is -2.78. The van der Waals surface area contributed by atoms with Crippen molar-refractivity contribution in [3.05, 3.63) is 94.5 Å². The fourth-order valence-electron chi connectivity index (χ4n) is 3.04. The van der Waals surface area contributed by atoms with Crippen LogP contribution in [0, 0.1) is 6.92 Å². The minimum absolute atomic E-state index is 0.0911. The zero-order chi connectivity index (χ0) is 19.9. The molecule has 3 aromatic carbocycles. The van der Waals surface area contributed by atoms with E-state index in [0.29, 0.717) is 18.1 Å². The molecule has 0 aliphatic carbocycles. The summed E-state index contributed by atoms with van der Waals surface area (Å²) in [4.78, 5) is 12.9. The molecule has 0 heterocycles. The van der Waals surface area contributed by atoms with Gasteiger partial charge in [0.1, 0.15) is 5.75 Å². The van der Waals surface area contributed by atoms with E-state index in [1.165, 1.54) is 0 Å². The normalized spacial score (nSPS) is 11.7. The first-order valence-corrected chi connectivity index (χ1v) is 9.77. The largest absolute Gasteiger partial charge is 0.494 e. The maximum absolute atomic E-state index is 12.9. The van der Waals surface area contributed by atoms with Gasteiger partial charge in [0, 0.05) is 22.7 Å². The Morgan fingerprint density at radius 2 is 1.75 bits per heavy atom. The number of ketones is 1. The number of benzene rings is 3. The number of carbonyl (C=O) groups is 1. The molecule has 3 nitrogen and oxygen atoms in total. The minimum atomic E-state index is -0.178. The predicted molar refractivity (Wildman–Crippen MR) is 116 cm³/mol. The Kier molecular flexibility index (Phi) is 6.72. The van der Waals surface area contributed by atoms with Crippen molar-refractivity contribution >= 4 is 23.1 Å². The maximum atomic E-state index is 12.9. The van der Waals surface area contributed by atoms with Gasteiger partial charge in [-0.05, 0) is 49.7 Å². The predicted octanol–water partition coefficient (Wildman–Crippen LogP) is 6.47. The first kappa shape index (κ1) is 20.0. The van der Waals surface area contributed by atoms with E-state index in [0.717, 1.165) is 28.1 Å². The van der Waals surface area contributed by atoms with E-state index in [1.54, 1.807) is 0 Å². The highest BCUT2D eigenvalue weighted by atomic mass is 35.5. The second-order valence-corrected chi connectivity index (χ2v) is 7.14. The van der Waals surface area contributed by atoms with Crippen molar-refractivity contribution in [3.8, 4) is 5.75 Å². The standard InChI is InChI=1S/C24H24ClNO2/c1-3-28-22-13-11-18(12-14-22)23(26-21-6-4-5-20(25)15-21)16-24(27)19-9-7-17(2)8-10-19/h4-15,23,26H,3,16H2,1-2H3/t23-/m1/s1. The number of carbonyl (C=O) groups excluding carboxylic acids is 1. The van der Waals surface area contributed by atoms with Crippen LogP contribution in [0.4, 0.5) is 5.69 Å². The van der Waals surface area contributed by atoms with Crippen molar-refractivity contribution in [1.29, 1.82) is 0 Å². The van der Waals surface area contributed by atoms with Gasteiger partial charge in [0.2, 0.25) is 0 Å². The highest BCUT2D eigenvalue weighted by molar-refractivity contribution is 6.30. The average molecular weight is 394 g/mol. The molecule has 0 amide bonds. The van der Waals surface area contributed by atoms with Gasteiger partial charge in [-0.25, -0.2) is 0 Å². The summed E-state index contributed by atoms with van der Waals surface area (Å²) in [5, 5.41) is 4.11. The lowest BCUT2D eigenvalue weighted by Crippen LogP contribution is -2.16. The smallest absolute Gasteiger partial charge is 0.165 e. The molecule has 0 aromatic heterocycles. The fourth-order valence-corrected chi connectivity index (χ4v) is 3.23. The maximum Gasteiger partial charge on any atom is 0.165 e. The molecule has 0 saturated heterocycles. The number of ether oxygens (including phenoxy) is 1. The average Bonchev–Trinajstić information content (AvgIpc) is 2.69. The Bertz CT molecular complexity index is 920. The second-order valence-electron chi connectivity index (χ2n) is 6.70. The van der Waals surface area contributed by atoms with Gasteiger partial charge >= 0.3 is 0 Å². The number of anilines is 1. The molecule has 3 rings (SSSR count). The van der Waals surface area contributed by atoms with Gasteiger partial charge in [0.25, 0.3) is 0 Å². The third-order valence-electron chi connectivity index (χ3n) is 4.52. The third kappa shape index (κ3) is 5.37. The van der Waals surface area contributed by atoms with E-state index < -0.39 is 0 Å². The number of aryl methyl sites for hydroxylation is 1. The van der Waals surface area contributed by atoms with Crippen LogP contribution in [0.1, 0.15) is 40.9 Å². The summed E-state index contributed by atoms with van der Waals surface area (Å²) in [5.74, 6) is 0.908. The Labute approximate surface area is 171 Å². The van der Waals surface area contributed by atoms with Gasteiger partial charge in [0.15, 0.2) is 5.78 Å². The van der Waals surface area contributed by atoms with E-state index in [2.05, 4.69) is 5.32 Å². The van der Waals surface area contributed by atoms with Crippen LogP contribution in [0.15, 0.2) is 72.8 Å². The summed E-state index contributed by atoms with van der Waals surface area (Å²) in [6.45, 7) is 4.59. The number of Topliss-reactive ketones (excluding diaryl/α,β-unsaturated/α-hetero) is 1. The minimum Gasteiger partial charge on any atom is -0.494 e. The molecule has 144 valence electrons. The lowest BCUT2D eigenvalue weighted by molar-refractivity contribution is 0.0976. The highest BCUT2D eigenvalue weighted by Gasteiger charge is 2.18. The van der Waals surface area contributed by atoms with Crippen LogP contribution in [-0.4, -0.2) is 12.4 Å². The fraction of sp³-hybridized carbons (Fsp3) is 0.208. The van der Waals surface area contributed by atoms with Crippen molar-refractivity contribution in [1.82, 2.24) is 0 Å². The van der Waals surface area contributed by atoms with Gasteiger partial charge in [-0.3, -0.25) is 4.79 Å². The molecule has 0 unspecified atom stereocenters. The van der Waals surface area contributed by atoms with Crippen LogP contribution >= 0.6 is 11.6 Å². The molecule has 0 aliphatic heterocycles. The molecular formula is C24H24ClNO2. The van der Waals surface area contributed by atoms with Gasteiger partial charge in [0.05, 0.1) is 12.6 Å². The first-order chi connectivity index (χ1) is 13.5. The zero-order valence-corrected chi connectivity index (χ0v) is 16.9. The highest BCUT2D eigenvalue weighted by Crippen LogP contribution is 2.27. The molecule has 0 saturated carbocycles. The second kappa shape index (κ2) is 9.43. The molecule has 28 heavy (non-hydrogen) atoms. The first-order valence-electron chi connectivity index (χ1n) is 9.40. The molecule has 0 aliphatic rings. The number of hydrogen-bond acceptors (Lipinski definition) is 3. The van der Waals surface area contributed by atoms with Crippen molar-refractivity contribution in [3.63, 3.8) is 0 Å². The van der Waals surface area contributed by atoms with E-state index >= 15 is 0 Å². The lowest BCUT2D eigenvalue weighted by atomic mass is 9.97. The summed E-state index contributed by atoms with van der Waals surface area (Å²) in [7, 11) is 0. The molecule has 0 radical (unpaired) electrons. The molecule has 1 atom stereocenters. The number of halogens is 1. The van der Waals surface area contributed by atoms with Crippen molar-refractivity contribution in [2.45, 2.75) is 26.3 Å².